The first kappa shape index (κ1) is 22.7. The van der Waals surface area contributed by atoms with Crippen molar-refractivity contribution in [2.75, 3.05) is 19.0 Å². The van der Waals surface area contributed by atoms with Gasteiger partial charge in [0.15, 0.2) is 0 Å². The third-order valence-electron chi connectivity index (χ3n) is 5.58. The molecular weight excluding hydrogens is 396 g/mol. The average molecular weight is 427 g/mol. The van der Waals surface area contributed by atoms with Crippen molar-refractivity contribution in [1.82, 2.24) is 15.0 Å². The van der Waals surface area contributed by atoms with Crippen LogP contribution in [0.2, 0.25) is 0 Å². The van der Waals surface area contributed by atoms with Crippen LogP contribution in [0.4, 0.5) is 5.82 Å². The van der Waals surface area contributed by atoms with Crippen molar-refractivity contribution in [3.8, 4) is 6.01 Å². The summed E-state index contributed by atoms with van der Waals surface area (Å²) in [6.07, 6.45) is 9.73. The van der Waals surface area contributed by atoms with Gasteiger partial charge in [-0.3, -0.25) is 9.59 Å². The van der Waals surface area contributed by atoms with Gasteiger partial charge < -0.3 is 15.2 Å². The molecule has 2 aromatic heterocycles. The number of nitrogens with one attached hydrogen (secondary N) is 1. The summed E-state index contributed by atoms with van der Waals surface area (Å²) in [4.78, 5) is 36.5. The molecule has 1 atom stereocenters. The Hall–Kier alpha value is -3.03. The number of nitrogens with zero attached hydrogens (tertiary/aromatic N) is 3. The fourth-order valence-electron chi connectivity index (χ4n) is 3.77. The summed E-state index contributed by atoms with van der Waals surface area (Å²) < 4.78 is 4.90. The average Bonchev–Trinajstić information content (AvgIpc) is 3.02. The Labute approximate surface area is 182 Å². The number of ether oxygens (including phenoxy) is 1. The lowest BCUT2D eigenvalue weighted by Crippen LogP contribution is -2.14. The summed E-state index contributed by atoms with van der Waals surface area (Å²) in [7, 11) is 1.45. The lowest BCUT2D eigenvalue weighted by atomic mass is 9.94. The van der Waals surface area contributed by atoms with Gasteiger partial charge in [-0.2, -0.15) is 0 Å². The Kier molecular flexibility index (Phi) is 8.32. The topological polar surface area (TPSA) is 114 Å². The predicted octanol–water partition coefficient (Wildman–Crippen LogP) is 3.56. The Bertz CT molecular complexity index is 886. The van der Waals surface area contributed by atoms with Crippen molar-refractivity contribution >= 4 is 17.6 Å². The lowest BCUT2D eigenvalue weighted by molar-refractivity contribution is -0.139. The standard InChI is InChI=1S/C23H30N4O4/c1-31-23-25-14-17(15-26-23)20(22(29)30)12-11-19(28)8-3-2-7-18-10-9-16-6-4-5-13-24-21(16)27-18/h9-10,14-15,20H,2-8,11-13H2,1H3,(H,24,27)(H,29,30)/t20-/m0/s1. The number of aryl methyl sites for hydroxylation is 2. The van der Waals surface area contributed by atoms with Crippen LogP contribution in [-0.4, -0.2) is 45.5 Å². The largest absolute Gasteiger partial charge is 0.481 e. The van der Waals surface area contributed by atoms with Crippen molar-refractivity contribution in [3.05, 3.63) is 41.3 Å². The summed E-state index contributed by atoms with van der Waals surface area (Å²) in [6, 6.07) is 4.43. The first-order chi connectivity index (χ1) is 15.1. The zero-order valence-corrected chi connectivity index (χ0v) is 18.0. The Morgan fingerprint density at radius 1 is 1.16 bits per heavy atom. The van der Waals surface area contributed by atoms with E-state index in [4.69, 9.17) is 9.72 Å². The van der Waals surface area contributed by atoms with Gasteiger partial charge in [0.2, 0.25) is 0 Å². The van der Waals surface area contributed by atoms with E-state index in [1.165, 1.54) is 37.9 Å². The second-order valence-corrected chi connectivity index (χ2v) is 7.87. The zero-order chi connectivity index (χ0) is 22.1. The number of carbonyl (C=O) groups is 2. The number of anilines is 1. The Morgan fingerprint density at radius 3 is 2.71 bits per heavy atom. The van der Waals surface area contributed by atoms with Gasteiger partial charge >= 0.3 is 12.0 Å². The number of rotatable bonds is 11. The molecule has 8 nitrogen and oxygen atoms in total. The molecule has 0 spiro atoms. The highest BCUT2D eigenvalue weighted by atomic mass is 16.5. The van der Waals surface area contributed by atoms with Crippen LogP contribution in [0.5, 0.6) is 6.01 Å². The second-order valence-electron chi connectivity index (χ2n) is 7.87. The number of aromatic nitrogens is 3. The quantitative estimate of drug-likeness (QED) is 0.524. The maximum atomic E-state index is 12.3. The number of pyridine rings is 1. The molecule has 0 fully saturated rings. The minimum Gasteiger partial charge on any atom is -0.481 e. The number of methoxy groups -OCH3 is 1. The van der Waals surface area contributed by atoms with E-state index in [9.17, 15) is 14.7 Å². The molecule has 3 rings (SSSR count). The molecule has 0 aliphatic carbocycles. The monoisotopic (exact) mass is 426 g/mol. The molecule has 166 valence electrons. The summed E-state index contributed by atoms with van der Waals surface area (Å²) >= 11 is 0. The summed E-state index contributed by atoms with van der Waals surface area (Å²) in [5, 5.41) is 12.9. The number of fused-ring (bicyclic) bond motifs is 1. The molecule has 0 unspecified atom stereocenters. The lowest BCUT2D eigenvalue weighted by Gasteiger charge is -2.12. The molecule has 1 aliphatic heterocycles. The molecule has 8 heteroatoms. The zero-order valence-electron chi connectivity index (χ0n) is 18.0. The maximum absolute atomic E-state index is 12.3. The van der Waals surface area contributed by atoms with Crippen molar-refractivity contribution in [1.29, 1.82) is 0 Å². The number of carbonyl (C=O) groups excluding carboxylic acids is 1. The number of hydrogen-bond donors (Lipinski definition) is 2. The molecule has 2 aromatic rings. The number of unbranched alkanes of at least 4 members (excludes halogenated alkanes) is 1. The molecule has 0 saturated heterocycles. The van der Waals surface area contributed by atoms with Gasteiger partial charge in [0, 0.05) is 43.0 Å². The summed E-state index contributed by atoms with van der Waals surface area (Å²) in [5.41, 5.74) is 2.81. The highest BCUT2D eigenvalue weighted by Gasteiger charge is 2.22. The summed E-state index contributed by atoms with van der Waals surface area (Å²) in [6.45, 7) is 0.970. The SMILES string of the molecule is COc1ncc([C@H](CCC(=O)CCCCc2ccc3c(n2)NCCCC3)C(=O)O)cn1. The number of ketones is 1. The molecule has 0 amide bonds. The van der Waals surface area contributed by atoms with Crippen LogP contribution < -0.4 is 10.1 Å². The smallest absolute Gasteiger partial charge is 0.316 e. The first-order valence-corrected chi connectivity index (χ1v) is 10.9. The number of aliphatic carboxylic acids is 1. The van der Waals surface area contributed by atoms with Crippen LogP contribution in [-0.2, 0) is 22.4 Å². The molecule has 0 bridgehead atoms. The van der Waals surface area contributed by atoms with Gasteiger partial charge in [-0.05, 0) is 56.6 Å². The van der Waals surface area contributed by atoms with Gasteiger partial charge in [0.25, 0.3) is 0 Å². The van der Waals surface area contributed by atoms with E-state index in [1.807, 2.05) is 0 Å². The van der Waals surface area contributed by atoms with E-state index >= 15 is 0 Å². The fourth-order valence-corrected chi connectivity index (χ4v) is 3.77. The van der Waals surface area contributed by atoms with E-state index in [0.717, 1.165) is 43.7 Å². The molecule has 0 radical (unpaired) electrons. The number of carboxylic acid groups (broad SMARTS) is 1. The van der Waals surface area contributed by atoms with Crippen LogP contribution >= 0.6 is 0 Å². The number of hydrogen-bond acceptors (Lipinski definition) is 7. The van der Waals surface area contributed by atoms with Crippen molar-refractivity contribution in [2.24, 2.45) is 0 Å². The van der Waals surface area contributed by atoms with Gasteiger partial charge in [0.05, 0.1) is 13.0 Å². The van der Waals surface area contributed by atoms with Crippen molar-refractivity contribution in [3.63, 3.8) is 0 Å². The third-order valence-corrected chi connectivity index (χ3v) is 5.58. The Balaban J connectivity index is 1.41. The molecule has 0 saturated carbocycles. The molecule has 3 heterocycles. The molecule has 0 aromatic carbocycles. The van der Waals surface area contributed by atoms with Crippen LogP contribution in [0.15, 0.2) is 24.5 Å². The fraction of sp³-hybridized carbons (Fsp3) is 0.522. The number of Topliss-reactive ketones (excluding diaryl/α,β-unsaturated/α-hetero) is 1. The van der Waals surface area contributed by atoms with Gasteiger partial charge in [-0.1, -0.05) is 6.07 Å². The van der Waals surface area contributed by atoms with Crippen molar-refractivity contribution in [2.45, 2.75) is 63.7 Å². The molecule has 31 heavy (non-hydrogen) atoms. The van der Waals surface area contributed by atoms with Gasteiger partial charge in [-0.15, -0.1) is 0 Å². The third kappa shape index (κ3) is 6.73. The van der Waals surface area contributed by atoms with Gasteiger partial charge in [0.1, 0.15) is 11.6 Å². The summed E-state index contributed by atoms with van der Waals surface area (Å²) in [5.74, 6) is -0.693. The van der Waals surface area contributed by atoms with E-state index < -0.39 is 11.9 Å². The maximum Gasteiger partial charge on any atom is 0.316 e. The second kappa shape index (κ2) is 11.4. The highest BCUT2D eigenvalue weighted by molar-refractivity contribution is 5.80. The minimum absolute atomic E-state index is 0.0808. The van der Waals surface area contributed by atoms with E-state index in [2.05, 4.69) is 27.4 Å². The minimum atomic E-state index is -0.982. The van der Waals surface area contributed by atoms with Crippen LogP contribution in [0.1, 0.15) is 67.7 Å². The van der Waals surface area contributed by atoms with Crippen molar-refractivity contribution < 1.29 is 19.4 Å². The first-order valence-electron chi connectivity index (χ1n) is 10.9. The molecule has 2 N–H and O–H groups in total. The van der Waals surface area contributed by atoms with Crippen LogP contribution in [0.25, 0.3) is 0 Å². The molecule has 1 aliphatic rings. The van der Waals surface area contributed by atoms with E-state index in [-0.39, 0.29) is 24.6 Å². The van der Waals surface area contributed by atoms with Crippen LogP contribution in [0.3, 0.4) is 0 Å². The van der Waals surface area contributed by atoms with Gasteiger partial charge in [-0.25, -0.2) is 15.0 Å². The normalized spacial score (nSPS) is 14.1. The van der Waals surface area contributed by atoms with E-state index in [1.54, 1.807) is 0 Å². The van der Waals surface area contributed by atoms with Crippen LogP contribution in [0, 0.1) is 0 Å². The molecular formula is C23H30N4O4. The highest BCUT2D eigenvalue weighted by Crippen LogP contribution is 2.23. The Morgan fingerprint density at radius 2 is 1.97 bits per heavy atom. The predicted molar refractivity (Wildman–Crippen MR) is 116 cm³/mol. The van der Waals surface area contributed by atoms with E-state index in [0.29, 0.717) is 12.0 Å². The number of carboxylic acids is 1.